The normalized spacial score (nSPS) is 17.8. The summed E-state index contributed by atoms with van der Waals surface area (Å²) in [6.45, 7) is 0.963. The van der Waals surface area contributed by atoms with E-state index in [2.05, 4.69) is 11.8 Å². The zero-order chi connectivity index (χ0) is 12.7. The van der Waals surface area contributed by atoms with Crippen LogP contribution in [0.1, 0.15) is 37.7 Å². The first-order valence-electron chi connectivity index (χ1n) is 6.63. The highest BCUT2D eigenvalue weighted by Crippen LogP contribution is 2.26. The molecule has 2 rings (SSSR count). The van der Waals surface area contributed by atoms with Crippen LogP contribution in [0, 0.1) is 11.8 Å². The predicted octanol–water partition coefficient (Wildman–Crippen LogP) is 2.90. The second-order valence-corrected chi connectivity index (χ2v) is 4.87. The van der Waals surface area contributed by atoms with Crippen LogP contribution in [0.3, 0.4) is 0 Å². The van der Waals surface area contributed by atoms with Crippen molar-refractivity contribution >= 4 is 0 Å². The second-order valence-electron chi connectivity index (χ2n) is 4.87. The molecule has 2 heteroatoms. The molecule has 1 aliphatic carbocycles. The Morgan fingerprint density at radius 1 is 1.11 bits per heavy atom. The van der Waals surface area contributed by atoms with E-state index in [-0.39, 0.29) is 0 Å². The van der Waals surface area contributed by atoms with Crippen LogP contribution < -0.4 is 0 Å². The van der Waals surface area contributed by atoms with Gasteiger partial charge in [0.25, 0.3) is 0 Å². The molecule has 0 atom stereocenters. The molecule has 0 unspecified atom stereocenters. The summed E-state index contributed by atoms with van der Waals surface area (Å²) in [5, 5.41) is 10.2. The molecule has 2 nitrogen and oxygen atoms in total. The Bertz CT molecular complexity index is 408. The third-order valence-corrected chi connectivity index (χ3v) is 3.29. The Kier molecular flexibility index (Phi) is 4.81. The van der Waals surface area contributed by atoms with Crippen molar-refractivity contribution in [3.63, 3.8) is 0 Å². The molecule has 0 spiro atoms. The van der Waals surface area contributed by atoms with Gasteiger partial charge in [-0.3, -0.25) is 0 Å². The van der Waals surface area contributed by atoms with E-state index in [1.165, 1.54) is 6.42 Å². The Morgan fingerprint density at radius 3 is 2.56 bits per heavy atom. The predicted molar refractivity (Wildman–Crippen MR) is 71.9 cm³/mol. The van der Waals surface area contributed by atoms with Gasteiger partial charge in [-0.1, -0.05) is 48.6 Å². The van der Waals surface area contributed by atoms with Gasteiger partial charge in [0.05, 0.1) is 6.61 Å². The van der Waals surface area contributed by atoms with E-state index in [4.69, 9.17) is 4.74 Å². The van der Waals surface area contributed by atoms with Crippen LogP contribution in [0.25, 0.3) is 0 Å². The minimum Gasteiger partial charge on any atom is -0.378 e. The standard InChI is InChI=1S/C16H20O2/c17-16(10-5-2-6-11-16)12-7-13-18-14-15-8-3-1-4-9-15/h1,3-4,8-9,17H,2,5-6,10-11,13-14H2. The molecule has 0 aromatic heterocycles. The highest BCUT2D eigenvalue weighted by molar-refractivity contribution is 5.15. The summed E-state index contributed by atoms with van der Waals surface area (Å²) in [6.07, 6.45) is 4.98. The first-order chi connectivity index (χ1) is 8.79. The molecular weight excluding hydrogens is 224 g/mol. The fourth-order valence-electron chi connectivity index (χ4n) is 2.26. The quantitative estimate of drug-likeness (QED) is 0.654. The number of hydrogen-bond donors (Lipinski definition) is 1. The maximum absolute atomic E-state index is 10.2. The fourth-order valence-corrected chi connectivity index (χ4v) is 2.26. The SMILES string of the molecule is OC1(C#CCOCc2ccccc2)CCCCC1. The minimum absolute atomic E-state index is 0.386. The van der Waals surface area contributed by atoms with E-state index in [0.717, 1.165) is 31.2 Å². The van der Waals surface area contributed by atoms with Gasteiger partial charge in [-0.25, -0.2) is 0 Å². The van der Waals surface area contributed by atoms with Crippen LogP contribution in [-0.2, 0) is 11.3 Å². The van der Waals surface area contributed by atoms with Gasteiger partial charge in [-0.2, -0.15) is 0 Å². The highest BCUT2D eigenvalue weighted by atomic mass is 16.5. The van der Waals surface area contributed by atoms with Gasteiger partial charge in [0.1, 0.15) is 12.2 Å². The molecule has 1 saturated carbocycles. The van der Waals surface area contributed by atoms with Crippen molar-refractivity contribution in [3.05, 3.63) is 35.9 Å². The molecule has 1 aromatic carbocycles. The molecule has 0 aliphatic heterocycles. The van der Waals surface area contributed by atoms with Crippen LogP contribution in [0.5, 0.6) is 0 Å². The summed E-state index contributed by atoms with van der Waals surface area (Å²) in [5.41, 5.74) is 0.393. The summed E-state index contributed by atoms with van der Waals surface area (Å²) in [7, 11) is 0. The van der Waals surface area contributed by atoms with Crippen LogP contribution in [-0.4, -0.2) is 17.3 Å². The van der Waals surface area contributed by atoms with Gasteiger partial charge in [0.2, 0.25) is 0 Å². The van der Waals surface area contributed by atoms with E-state index < -0.39 is 5.60 Å². The molecule has 1 aliphatic rings. The average Bonchev–Trinajstić information content (AvgIpc) is 2.40. The lowest BCUT2D eigenvalue weighted by atomic mass is 9.85. The second kappa shape index (κ2) is 6.58. The maximum atomic E-state index is 10.2. The van der Waals surface area contributed by atoms with Crippen molar-refractivity contribution < 1.29 is 9.84 Å². The third-order valence-electron chi connectivity index (χ3n) is 3.29. The zero-order valence-corrected chi connectivity index (χ0v) is 10.7. The van der Waals surface area contributed by atoms with E-state index in [1.54, 1.807) is 0 Å². The lowest BCUT2D eigenvalue weighted by Gasteiger charge is -2.26. The molecule has 0 amide bonds. The van der Waals surface area contributed by atoms with Crippen LogP contribution in [0.2, 0.25) is 0 Å². The zero-order valence-electron chi connectivity index (χ0n) is 10.7. The van der Waals surface area contributed by atoms with E-state index in [1.807, 2.05) is 30.3 Å². The number of ether oxygens (including phenoxy) is 1. The first kappa shape index (κ1) is 13.1. The summed E-state index contributed by atoms with van der Waals surface area (Å²) in [4.78, 5) is 0. The van der Waals surface area contributed by atoms with Crippen LogP contribution in [0.4, 0.5) is 0 Å². The molecule has 0 radical (unpaired) electrons. The Balaban J connectivity index is 1.72. The topological polar surface area (TPSA) is 29.5 Å². The van der Waals surface area contributed by atoms with Gasteiger partial charge >= 0.3 is 0 Å². The number of aliphatic hydroxyl groups is 1. The lowest BCUT2D eigenvalue weighted by molar-refractivity contribution is 0.0604. The van der Waals surface area contributed by atoms with Crippen LogP contribution in [0.15, 0.2) is 30.3 Å². The van der Waals surface area contributed by atoms with Gasteiger partial charge in [0.15, 0.2) is 0 Å². The smallest absolute Gasteiger partial charge is 0.125 e. The van der Waals surface area contributed by atoms with Crippen molar-refractivity contribution in [2.24, 2.45) is 0 Å². The van der Waals surface area contributed by atoms with Gasteiger partial charge in [0, 0.05) is 0 Å². The van der Waals surface area contributed by atoms with Gasteiger partial charge in [-0.15, -0.1) is 0 Å². The molecule has 0 saturated heterocycles. The fraction of sp³-hybridized carbons (Fsp3) is 0.500. The molecule has 18 heavy (non-hydrogen) atoms. The van der Waals surface area contributed by atoms with Crippen molar-refractivity contribution in [2.45, 2.75) is 44.3 Å². The van der Waals surface area contributed by atoms with Crippen molar-refractivity contribution in [2.75, 3.05) is 6.61 Å². The largest absolute Gasteiger partial charge is 0.378 e. The molecule has 1 aromatic rings. The number of benzene rings is 1. The summed E-state index contributed by atoms with van der Waals surface area (Å²) < 4.78 is 5.47. The van der Waals surface area contributed by atoms with E-state index in [9.17, 15) is 5.11 Å². The van der Waals surface area contributed by atoms with Crippen molar-refractivity contribution in [1.29, 1.82) is 0 Å². The van der Waals surface area contributed by atoms with Gasteiger partial charge < -0.3 is 9.84 Å². The van der Waals surface area contributed by atoms with Crippen LogP contribution >= 0.6 is 0 Å². The monoisotopic (exact) mass is 244 g/mol. The minimum atomic E-state index is -0.756. The summed E-state index contributed by atoms with van der Waals surface area (Å²) >= 11 is 0. The molecule has 0 bridgehead atoms. The average molecular weight is 244 g/mol. The first-order valence-corrected chi connectivity index (χ1v) is 6.63. The summed E-state index contributed by atoms with van der Waals surface area (Å²) in [6, 6.07) is 10.0. The van der Waals surface area contributed by atoms with Crippen molar-refractivity contribution in [1.82, 2.24) is 0 Å². The molecular formula is C16H20O2. The molecule has 96 valence electrons. The van der Waals surface area contributed by atoms with E-state index >= 15 is 0 Å². The Morgan fingerprint density at radius 2 is 1.83 bits per heavy atom. The lowest BCUT2D eigenvalue weighted by Crippen LogP contribution is -2.29. The Hall–Kier alpha value is -1.30. The van der Waals surface area contributed by atoms with Crippen molar-refractivity contribution in [3.8, 4) is 11.8 Å². The number of hydrogen-bond acceptors (Lipinski definition) is 2. The van der Waals surface area contributed by atoms with E-state index in [0.29, 0.717) is 13.2 Å². The third kappa shape index (κ3) is 4.18. The Labute approximate surface area is 109 Å². The van der Waals surface area contributed by atoms with Gasteiger partial charge in [-0.05, 0) is 31.2 Å². The maximum Gasteiger partial charge on any atom is 0.125 e. The number of rotatable bonds is 3. The molecule has 1 fully saturated rings. The highest BCUT2D eigenvalue weighted by Gasteiger charge is 2.26. The molecule has 1 N–H and O–H groups in total. The molecule has 0 heterocycles. The summed E-state index contributed by atoms with van der Waals surface area (Å²) in [5.74, 6) is 5.91.